The molecule has 8 heteroatoms. The molecule has 1 aliphatic rings. The zero-order valence-corrected chi connectivity index (χ0v) is 23.2. The Balaban J connectivity index is 1.43. The summed E-state index contributed by atoms with van der Waals surface area (Å²) in [6, 6.07) is 27.3. The molecule has 1 heterocycles. The number of benzene rings is 4. The Morgan fingerprint density at radius 1 is 0.927 bits per heavy atom. The Bertz CT molecular complexity index is 1860. The van der Waals surface area contributed by atoms with Crippen molar-refractivity contribution in [1.82, 2.24) is 9.88 Å². The second kappa shape index (κ2) is 10.4. The van der Waals surface area contributed by atoms with Crippen molar-refractivity contribution >= 4 is 46.0 Å². The van der Waals surface area contributed by atoms with Crippen molar-refractivity contribution in [3.05, 3.63) is 129 Å². The fourth-order valence-corrected chi connectivity index (χ4v) is 5.89. The van der Waals surface area contributed by atoms with Crippen molar-refractivity contribution in [2.45, 2.75) is 24.9 Å². The van der Waals surface area contributed by atoms with Crippen LogP contribution in [0.4, 0.5) is 0 Å². The van der Waals surface area contributed by atoms with E-state index in [0.717, 1.165) is 46.0 Å². The van der Waals surface area contributed by atoms with E-state index < -0.39 is 11.5 Å². The highest BCUT2D eigenvalue weighted by Gasteiger charge is 2.46. The molecule has 6 rings (SSSR count). The lowest BCUT2D eigenvalue weighted by molar-refractivity contribution is 0.0696. The molecular weight excluding hydrogens is 557 g/mol. The summed E-state index contributed by atoms with van der Waals surface area (Å²) in [5.74, 6) is -1.23. The first-order valence-electron chi connectivity index (χ1n) is 13.0. The van der Waals surface area contributed by atoms with Crippen LogP contribution in [-0.2, 0) is 12.1 Å². The number of carboxylic acids is 1. The van der Waals surface area contributed by atoms with Crippen molar-refractivity contribution in [3.8, 4) is 17.2 Å². The van der Waals surface area contributed by atoms with Gasteiger partial charge in [0.25, 0.3) is 5.91 Å². The normalized spacial score (nSPS) is 13.5. The number of carboxylic acid groups (broad SMARTS) is 1. The van der Waals surface area contributed by atoms with Crippen molar-refractivity contribution in [1.29, 1.82) is 5.26 Å². The Morgan fingerprint density at radius 3 is 2.32 bits per heavy atom. The third-order valence-corrected chi connectivity index (χ3v) is 7.93. The van der Waals surface area contributed by atoms with Gasteiger partial charge >= 0.3 is 5.97 Å². The van der Waals surface area contributed by atoms with Gasteiger partial charge in [0.05, 0.1) is 33.8 Å². The van der Waals surface area contributed by atoms with Crippen LogP contribution in [0.1, 0.15) is 50.2 Å². The van der Waals surface area contributed by atoms with E-state index in [9.17, 15) is 20.0 Å². The Kier molecular flexibility index (Phi) is 6.78. The molecule has 5 aromatic rings. The molecule has 41 heavy (non-hydrogen) atoms. The van der Waals surface area contributed by atoms with E-state index in [0.29, 0.717) is 27.7 Å². The molecule has 0 unspecified atom stereocenters. The molecular formula is C33H23Cl2N3O3. The van der Waals surface area contributed by atoms with Gasteiger partial charge in [-0.1, -0.05) is 47.5 Å². The van der Waals surface area contributed by atoms with Gasteiger partial charge in [0.15, 0.2) is 0 Å². The standard InChI is InChI=1S/C33H23Cl2N3O3/c34-27-13-21(14-28(35)17-27)19-38-11-8-24-15-25(23-3-1-2-20(12-23)18-36)16-29(30(24)38)31(39)37-33(9-10-33)26-6-4-22(5-7-26)32(40)41/h1-8,11-17H,9-10,19H2,(H,37,39)(H,40,41). The van der Waals surface area contributed by atoms with Crippen LogP contribution in [0.2, 0.25) is 10.0 Å². The highest BCUT2D eigenvalue weighted by Crippen LogP contribution is 2.46. The van der Waals surface area contributed by atoms with Gasteiger partial charge in [0.2, 0.25) is 0 Å². The molecule has 1 saturated carbocycles. The Labute approximate surface area is 246 Å². The molecule has 1 aliphatic carbocycles. The fraction of sp³-hybridized carbons (Fsp3) is 0.121. The highest BCUT2D eigenvalue weighted by molar-refractivity contribution is 6.34. The minimum absolute atomic E-state index is 0.198. The summed E-state index contributed by atoms with van der Waals surface area (Å²) in [6.07, 6.45) is 3.43. The van der Waals surface area contributed by atoms with E-state index in [2.05, 4.69) is 11.4 Å². The minimum atomic E-state index is -0.994. The molecule has 4 aromatic carbocycles. The summed E-state index contributed by atoms with van der Waals surface area (Å²) in [5, 5.41) is 23.9. The topological polar surface area (TPSA) is 95.1 Å². The first kappa shape index (κ1) is 26.6. The number of hydrogen-bond donors (Lipinski definition) is 2. The number of hydrogen-bond acceptors (Lipinski definition) is 3. The number of aromatic carboxylic acids is 1. The number of halogens is 2. The van der Waals surface area contributed by atoms with Crippen molar-refractivity contribution in [3.63, 3.8) is 0 Å². The third-order valence-electron chi connectivity index (χ3n) is 7.49. The van der Waals surface area contributed by atoms with E-state index in [4.69, 9.17) is 23.2 Å². The third kappa shape index (κ3) is 5.30. The number of carbonyl (C=O) groups is 2. The predicted octanol–water partition coefficient (Wildman–Crippen LogP) is 7.65. The van der Waals surface area contributed by atoms with Crippen LogP contribution in [0.15, 0.2) is 91.1 Å². The molecule has 1 aromatic heterocycles. The van der Waals surface area contributed by atoms with Gasteiger partial charge in [-0.15, -0.1) is 0 Å². The van der Waals surface area contributed by atoms with Crippen LogP contribution in [0, 0.1) is 11.3 Å². The summed E-state index contributed by atoms with van der Waals surface area (Å²) < 4.78 is 2.00. The molecule has 1 fully saturated rings. The maximum absolute atomic E-state index is 14.1. The lowest BCUT2D eigenvalue weighted by atomic mass is 9.97. The predicted molar refractivity (Wildman–Crippen MR) is 159 cm³/mol. The zero-order valence-electron chi connectivity index (χ0n) is 21.7. The lowest BCUT2D eigenvalue weighted by Gasteiger charge is -2.20. The first-order valence-corrected chi connectivity index (χ1v) is 13.7. The van der Waals surface area contributed by atoms with Crippen LogP contribution < -0.4 is 5.32 Å². The van der Waals surface area contributed by atoms with Crippen LogP contribution >= 0.6 is 23.2 Å². The molecule has 0 bridgehead atoms. The van der Waals surface area contributed by atoms with Crippen LogP contribution in [0.3, 0.4) is 0 Å². The number of fused-ring (bicyclic) bond motifs is 1. The van der Waals surface area contributed by atoms with Gasteiger partial charge < -0.3 is 15.0 Å². The summed E-state index contributed by atoms with van der Waals surface area (Å²) in [7, 11) is 0. The maximum atomic E-state index is 14.1. The average Bonchev–Trinajstić information content (AvgIpc) is 3.64. The SMILES string of the molecule is N#Cc1cccc(-c2cc(C(=O)NC3(c4ccc(C(=O)O)cc4)CC3)c3c(ccn3Cc3cc(Cl)cc(Cl)c3)c2)c1. The summed E-state index contributed by atoms with van der Waals surface area (Å²) in [4.78, 5) is 25.4. The van der Waals surface area contributed by atoms with Gasteiger partial charge in [-0.2, -0.15) is 5.26 Å². The van der Waals surface area contributed by atoms with Gasteiger partial charge in [0, 0.05) is 28.2 Å². The van der Waals surface area contributed by atoms with Crippen LogP contribution in [0.5, 0.6) is 0 Å². The van der Waals surface area contributed by atoms with Crippen molar-refractivity contribution < 1.29 is 14.7 Å². The van der Waals surface area contributed by atoms with Crippen molar-refractivity contribution in [2.75, 3.05) is 0 Å². The number of carbonyl (C=O) groups excluding carboxylic acids is 1. The number of nitriles is 1. The minimum Gasteiger partial charge on any atom is -0.478 e. The molecule has 2 N–H and O–H groups in total. The Hall–Kier alpha value is -4.57. The largest absolute Gasteiger partial charge is 0.478 e. The monoisotopic (exact) mass is 579 g/mol. The number of nitrogens with zero attached hydrogens (tertiary/aromatic N) is 2. The molecule has 0 saturated heterocycles. The van der Waals surface area contributed by atoms with Gasteiger partial charge in [-0.25, -0.2) is 4.79 Å². The van der Waals surface area contributed by atoms with Crippen molar-refractivity contribution in [2.24, 2.45) is 0 Å². The highest BCUT2D eigenvalue weighted by atomic mass is 35.5. The summed E-state index contributed by atoms with van der Waals surface area (Å²) in [5.41, 5.74) is 4.84. The maximum Gasteiger partial charge on any atom is 0.335 e. The van der Waals surface area contributed by atoms with Gasteiger partial charge in [-0.05, 0) is 95.8 Å². The smallest absolute Gasteiger partial charge is 0.335 e. The lowest BCUT2D eigenvalue weighted by Crippen LogP contribution is -2.35. The molecule has 0 spiro atoms. The molecule has 0 radical (unpaired) electrons. The summed E-state index contributed by atoms with van der Waals surface area (Å²) in [6.45, 7) is 0.453. The number of nitrogens with one attached hydrogen (secondary N) is 1. The van der Waals surface area contributed by atoms with Gasteiger partial charge in [-0.3, -0.25) is 4.79 Å². The quantitative estimate of drug-likeness (QED) is 0.207. The molecule has 1 amide bonds. The molecule has 0 aliphatic heterocycles. The Morgan fingerprint density at radius 2 is 1.66 bits per heavy atom. The van der Waals surface area contributed by atoms with E-state index in [1.165, 1.54) is 0 Å². The van der Waals surface area contributed by atoms with E-state index in [-0.39, 0.29) is 11.5 Å². The summed E-state index contributed by atoms with van der Waals surface area (Å²) >= 11 is 12.5. The molecule has 6 nitrogen and oxygen atoms in total. The van der Waals surface area contributed by atoms with Crippen LogP contribution in [0.25, 0.3) is 22.0 Å². The second-order valence-corrected chi connectivity index (χ2v) is 11.2. The number of amides is 1. The number of aromatic nitrogens is 1. The van der Waals surface area contributed by atoms with Crippen LogP contribution in [-0.4, -0.2) is 21.6 Å². The number of rotatable bonds is 7. The van der Waals surface area contributed by atoms with E-state index >= 15 is 0 Å². The first-order chi connectivity index (χ1) is 19.7. The average molecular weight is 580 g/mol. The van der Waals surface area contributed by atoms with E-state index in [1.807, 2.05) is 53.2 Å². The fourth-order valence-electron chi connectivity index (χ4n) is 5.32. The zero-order chi connectivity index (χ0) is 28.7. The molecule has 0 atom stereocenters. The second-order valence-electron chi connectivity index (χ2n) is 10.3. The molecule has 202 valence electrons. The van der Waals surface area contributed by atoms with E-state index in [1.54, 1.807) is 42.5 Å². The van der Waals surface area contributed by atoms with Gasteiger partial charge in [0.1, 0.15) is 0 Å².